The topological polar surface area (TPSA) is 82.1 Å². The molecule has 0 aromatic carbocycles. The fourth-order valence-corrected chi connectivity index (χ4v) is 11.0. The van der Waals surface area contributed by atoms with Gasteiger partial charge in [0.15, 0.2) is 8.32 Å². The van der Waals surface area contributed by atoms with Crippen molar-refractivity contribution >= 4 is 40.0 Å². The average molecular weight is 393 g/mol. The van der Waals surface area contributed by atoms with E-state index in [-0.39, 0.29) is 11.1 Å². The van der Waals surface area contributed by atoms with Gasteiger partial charge in [-0.2, -0.15) is 0 Å². The molecule has 0 aromatic rings. The summed E-state index contributed by atoms with van der Waals surface area (Å²) >= 11 is 0. The minimum Gasteiger partial charge on any atom is -0.478 e. The standard InChI is InChI=1S/C15H32O6Si3/c1-7-24(6,15(3,4)5)21-23(20-22)11-10-12(2)19-14(18)9-8-13(16)17/h8-9,12,23H,7,10-11H2,1-6,22H3,(H,16,17)/b9-8+. The molecule has 140 valence electrons. The molecule has 0 saturated carbocycles. The van der Waals surface area contributed by atoms with Crippen LogP contribution in [0.2, 0.25) is 23.7 Å². The third-order valence-corrected chi connectivity index (χ3v) is 15.0. The molecule has 24 heavy (non-hydrogen) atoms. The van der Waals surface area contributed by atoms with Gasteiger partial charge in [-0.3, -0.25) is 0 Å². The summed E-state index contributed by atoms with van der Waals surface area (Å²) in [7, 11) is -3.00. The molecule has 0 aliphatic carbocycles. The monoisotopic (exact) mass is 392 g/mol. The summed E-state index contributed by atoms with van der Waals surface area (Å²) in [6.07, 6.45) is 2.06. The Morgan fingerprint density at radius 3 is 2.33 bits per heavy atom. The molecule has 3 unspecified atom stereocenters. The second-order valence-corrected chi connectivity index (χ2v) is 16.0. The molecule has 0 amide bonds. The first-order valence-corrected chi connectivity index (χ1v) is 13.5. The molecule has 0 aromatic heterocycles. The summed E-state index contributed by atoms with van der Waals surface area (Å²) in [4.78, 5) is 21.8. The minimum absolute atomic E-state index is 0.146. The van der Waals surface area contributed by atoms with Crippen LogP contribution in [0.5, 0.6) is 0 Å². The first-order valence-electron chi connectivity index (χ1n) is 8.27. The number of carbonyl (C=O) groups excluding carboxylic acids is 1. The predicted molar refractivity (Wildman–Crippen MR) is 103 cm³/mol. The van der Waals surface area contributed by atoms with Crippen molar-refractivity contribution in [2.24, 2.45) is 0 Å². The number of carbonyl (C=O) groups is 2. The van der Waals surface area contributed by atoms with Gasteiger partial charge in [0.1, 0.15) is 10.5 Å². The van der Waals surface area contributed by atoms with Gasteiger partial charge in [-0.15, -0.1) is 0 Å². The van der Waals surface area contributed by atoms with E-state index in [1.807, 2.05) is 0 Å². The Morgan fingerprint density at radius 1 is 1.33 bits per heavy atom. The molecule has 0 saturated heterocycles. The average Bonchev–Trinajstić information content (AvgIpc) is 2.47. The van der Waals surface area contributed by atoms with Crippen LogP contribution in [0.1, 0.15) is 41.0 Å². The van der Waals surface area contributed by atoms with Gasteiger partial charge < -0.3 is 18.1 Å². The summed E-state index contributed by atoms with van der Waals surface area (Å²) in [6, 6.07) is 1.81. The second-order valence-electron chi connectivity index (χ2n) is 7.11. The third kappa shape index (κ3) is 8.38. The van der Waals surface area contributed by atoms with Crippen LogP contribution in [0, 0.1) is 0 Å². The molecule has 0 bridgehead atoms. The van der Waals surface area contributed by atoms with E-state index in [4.69, 9.17) is 18.1 Å². The lowest BCUT2D eigenvalue weighted by molar-refractivity contribution is -0.142. The molecule has 0 spiro atoms. The summed E-state index contributed by atoms with van der Waals surface area (Å²) in [5.74, 6) is -1.81. The molecule has 1 N–H and O–H groups in total. The first-order chi connectivity index (χ1) is 10.9. The van der Waals surface area contributed by atoms with Crippen molar-refractivity contribution in [3.8, 4) is 0 Å². The van der Waals surface area contributed by atoms with Crippen LogP contribution in [0.3, 0.4) is 0 Å². The van der Waals surface area contributed by atoms with Crippen LogP contribution in [0.4, 0.5) is 0 Å². The maximum atomic E-state index is 11.5. The second kappa shape index (κ2) is 10.3. The first kappa shape index (κ1) is 23.3. The zero-order chi connectivity index (χ0) is 19.0. The summed E-state index contributed by atoms with van der Waals surface area (Å²) in [6.45, 7) is 12.9. The van der Waals surface area contributed by atoms with Gasteiger partial charge in [-0.25, -0.2) is 9.59 Å². The highest BCUT2D eigenvalue weighted by Crippen LogP contribution is 2.40. The molecule has 0 aliphatic rings. The lowest BCUT2D eigenvalue weighted by Crippen LogP contribution is -2.48. The Morgan fingerprint density at radius 2 is 1.92 bits per heavy atom. The molecule has 3 atom stereocenters. The molecule has 0 fully saturated rings. The van der Waals surface area contributed by atoms with Crippen LogP contribution in [0.25, 0.3) is 0 Å². The summed E-state index contributed by atoms with van der Waals surface area (Å²) < 4.78 is 17.4. The number of hydrogen-bond donors (Lipinski definition) is 1. The van der Waals surface area contributed by atoms with E-state index in [9.17, 15) is 9.59 Å². The highest BCUT2D eigenvalue weighted by molar-refractivity contribution is 6.80. The van der Waals surface area contributed by atoms with E-state index in [0.717, 1.165) is 24.2 Å². The van der Waals surface area contributed by atoms with Gasteiger partial charge in [0.25, 0.3) is 9.28 Å². The van der Waals surface area contributed by atoms with Crippen molar-refractivity contribution in [3.63, 3.8) is 0 Å². The van der Waals surface area contributed by atoms with E-state index in [1.165, 1.54) is 0 Å². The van der Waals surface area contributed by atoms with E-state index >= 15 is 0 Å². The molecule has 0 rings (SSSR count). The van der Waals surface area contributed by atoms with Crippen molar-refractivity contribution in [2.45, 2.75) is 70.8 Å². The van der Waals surface area contributed by atoms with Gasteiger partial charge in [0.2, 0.25) is 0 Å². The summed E-state index contributed by atoms with van der Waals surface area (Å²) in [5, 5.41) is 8.63. The number of carboxylic acids is 1. The Bertz CT molecular complexity index is 449. The number of esters is 1. The molecule has 0 heterocycles. The largest absolute Gasteiger partial charge is 0.478 e. The number of carboxylic acid groups (broad SMARTS) is 1. The Kier molecular flexibility index (Phi) is 9.97. The van der Waals surface area contributed by atoms with Crippen LogP contribution in [-0.4, -0.2) is 51.2 Å². The quantitative estimate of drug-likeness (QED) is 0.347. The van der Waals surface area contributed by atoms with Crippen LogP contribution in [-0.2, 0) is 22.6 Å². The molecule has 0 aliphatic heterocycles. The van der Waals surface area contributed by atoms with Crippen LogP contribution < -0.4 is 0 Å². The molecular formula is C15H32O6Si3. The van der Waals surface area contributed by atoms with Crippen LogP contribution in [0.15, 0.2) is 12.2 Å². The lowest BCUT2D eigenvalue weighted by atomic mass is 10.2. The van der Waals surface area contributed by atoms with E-state index in [2.05, 4.69) is 34.2 Å². The highest BCUT2D eigenvalue weighted by Gasteiger charge is 2.42. The number of aliphatic carboxylic acids is 1. The van der Waals surface area contributed by atoms with Gasteiger partial charge in [-0.1, -0.05) is 27.7 Å². The third-order valence-electron chi connectivity index (χ3n) is 4.40. The lowest BCUT2D eigenvalue weighted by Gasteiger charge is -2.41. The molecular weight excluding hydrogens is 360 g/mol. The number of ether oxygens (including phenoxy) is 1. The van der Waals surface area contributed by atoms with Gasteiger partial charge >= 0.3 is 11.9 Å². The molecule has 0 radical (unpaired) electrons. The normalized spacial score (nSPS) is 17.4. The molecule has 6 nitrogen and oxygen atoms in total. The SMILES string of the molecule is CC[Si](C)(O[SiH](CCC(C)OC(=O)/C=C/C(=O)O)O[SiH3])C(C)(C)C. The van der Waals surface area contributed by atoms with E-state index < -0.39 is 29.5 Å². The maximum absolute atomic E-state index is 11.5. The maximum Gasteiger partial charge on any atom is 0.331 e. The minimum atomic E-state index is -1.86. The van der Waals surface area contributed by atoms with E-state index in [1.54, 1.807) is 6.92 Å². The zero-order valence-electron chi connectivity index (χ0n) is 15.9. The Balaban J connectivity index is 4.54. The van der Waals surface area contributed by atoms with Gasteiger partial charge in [-0.05, 0) is 37.0 Å². The van der Waals surface area contributed by atoms with Gasteiger partial charge in [0.05, 0.1) is 6.10 Å². The fraction of sp³-hybridized carbons (Fsp3) is 0.733. The Hall–Kier alpha value is -0.749. The van der Waals surface area contributed by atoms with Crippen molar-refractivity contribution in [3.05, 3.63) is 12.2 Å². The van der Waals surface area contributed by atoms with Crippen molar-refractivity contribution in [1.82, 2.24) is 0 Å². The predicted octanol–water partition coefficient (Wildman–Crippen LogP) is 1.88. The van der Waals surface area contributed by atoms with Crippen LogP contribution >= 0.6 is 0 Å². The molecule has 9 heteroatoms. The fourth-order valence-electron chi connectivity index (χ4n) is 2.11. The van der Waals surface area contributed by atoms with E-state index in [0.29, 0.717) is 16.9 Å². The number of hydrogen-bond acceptors (Lipinski definition) is 5. The van der Waals surface area contributed by atoms with Gasteiger partial charge in [0, 0.05) is 12.2 Å². The van der Waals surface area contributed by atoms with Crippen molar-refractivity contribution in [1.29, 1.82) is 0 Å². The zero-order valence-corrected chi connectivity index (χ0v) is 20.1. The number of rotatable bonds is 10. The van der Waals surface area contributed by atoms with Crippen molar-refractivity contribution in [2.75, 3.05) is 0 Å². The highest BCUT2D eigenvalue weighted by atomic mass is 28.4. The van der Waals surface area contributed by atoms with Crippen molar-refractivity contribution < 1.29 is 27.7 Å². The smallest absolute Gasteiger partial charge is 0.331 e. The Labute approximate surface area is 151 Å². The summed E-state index contributed by atoms with van der Waals surface area (Å²) in [5.41, 5.74) is 0.